The molecule has 0 aliphatic heterocycles. The number of pyridine rings is 1. The van der Waals surface area contributed by atoms with Gasteiger partial charge >= 0.3 is 6.09 Å². The number of ether oxygens (including phenoxy) is 1. The number of aliphatic imine (C=N–C) groups is 1. The second-order valence-corrected chi connectivity index (χ2v) is 8.61. The van der Waals surface area contributed by atoms with Crippen LogP contribution in [0, 0.1) is 0 Å². The van der Waals surface area contributed by atoms with E-state index in [-0.39, 0.29) is 6.09 Å². The first-order valence-electron chi connectivity index (χ1n) is 11.0. The summed E-state index contributed by atoms with van der Waals surface area (Å²) in [6.07, 6.45) is 5.94. The van der Waals surface area contributed by atoms with Crippen LogP contribution in [0.1, 0.15) is 44.7 Å². The van der Waals surface area contributed by atoms with Crippen LogP contribution in [0.25, 0.3) is 0 Å². The van der Waals surface area contributed by atoms with Gasteiger partial charge in [-0.3, -0.25) is 9.89 Å². The van der Waals surface area contributed by atoms with Crippen LogP contribution < -0.4 is 4.90 Å². The number of nitrogens with zero attached hydrogens (tertiary/aromatic N) is 3. The van der Waals surface area contributed by atoms with Crippen molar-refractivity contribution in [2.75, 3.05) is 11.4 Å². The van der Waals surface area contributed by atoms with Crippen LogP contribution in [0.2, 0.25) is 0 Å². The maximum absolute atomic E-state index is 12.7. The van der Waals surface area contributed by atoms with Crippen LogP contribution in [0.4, 0.5) is 16.3 Å². The number of aromatic nitrogens is 1. The molecule has 0 spiro atoms. The zero-order chi connectivity index (χ0) is 22.8. The molecule has 2 aromatic carbocycles. The van der Waals surface area contributed by atoms with Crippen LogP contribution in [-0.2, 0) is 11.2 Å². The molecule has 0 fully saturated rings. The smallest absolute Gasteiger partial charge is 0.416 e. The predicted octanol–water partition coefficient (Wildman–Crippen LogP) is 6.60. The highest BCUT2D eigenvalue weighted by molar-refractivity contribution is 5.86. The van der Waals surface area contributed by atoms with E-state index in [1.165, 1.54) is 5.56 Å². The molecule has 0 atom stereocenters. The average Bonchev–Trinajstić information content (AvgIpc) is 2.78. The zero-order valence-corrected chi connectivity index (χ0v) is 19.1. The lowest BCUT2D eigenvalue weighted by Gasteiger charge is -2.26. The molecular formula is C27H31N3O2. The Balaban J connectivity index is 1.52. The second kappa shape index (κ2) is 11.2. The quantitative estimate of drug-likeness (QED) is 0.299. The van der Waals surface area contributed by atoms with E-state index in [9.17, 15) is 4.79 Å². The first kappa shape index (κ1) is 23.2. The lowest BCUT2D eigenvalue weighted by atomic mass is 10.1. The van der Waals surface area contributed by atoms with E-state index in [0.717, 1.165) is 30.5 Å². The highest BCUT2D eigenvalue weighted by Gasteiger charge is 2.23. The molecule has 0 bridgehead atoms. The minimum atomic E-state index is -0.547. The first-order valence-corrected chi connectivity index (χ1v) is 11.0. The molecule has 0 saturated heterocycles. The lowest BCUT2D eigenvalue weighted by Crippen LogP contribution is -2.38. The topological polar surface area (TPSA) is 54.8 Å². The Hall–Kier alpha value is -3.47. The summed E-state index contributed by atoms with van der Waals surface area (Å²) in [6.45, 7) is 6.17. The molecule has 1 amide bonds. The SMILES string of the molecule is CC(C)(C)OC(=O)N(CCCCc1ccc(N=Cc2ccccc2)cc1)c1ccccn1. The fourth-order valence-electron chi connectivity index (χ4n) is 3.17. The Morgan fingerprint density at radius 3 is 2.34 bits per heavy atom. The number of benzene rings is 2. The van der Waals surface area contributed by atoms with Gasteiger partial charge in [0.2, 0.25) is 0 Å². The van der Waals surface area contributed by atoms with Gasteiger partial charge in [-0.1, -0.05) is 48.5 Å². The second-order valence-electron chi connectivity index (χ2n) is 8.61. The van der Waals surface area contributed by atoms with E-state index in [1.807, 2.05) is 87.6 Å². The number of carbonyl (C=O) groups is 1. The Bertz CT molecular complexity index is 995. The summed E-state index contributed by atoms with van der Waals surface area (Å²) in [5, 5.41) is 0. The minimum Gasteiger partial charge on any atom is -0.443 e. The van der Waals surface area contributed by atoms with Crippen molar-refractivity contribution in [2.24, 2.45) is 4.99 Å². The Kier molecular flexibility index (Phi) is 8.14. The Labute approximate surface area is 190 Å². The van der Waals surface area contributed by atoms with E-state index in [4.69, 9.17) is 4.74 Å². The van der Waals surface area contributed by atoms with Gasteiger partial charge in [0.25, 0.3) is 0 Å². The van der Waals surface area contributed by atoms with Crippen molar-refractivity contribution < 1.29 is 9.53 Å². The molecule has 0 radical (unpaired) electrons. The molecule has 32 heavy (non-hydrogen) atoms. The van der Waals surface area contributed by atoms with Gasteiger partial charge in [-0.15, -0.1) is 0 Å². The van der Waals surface area contributed by atoms with E-state index in [1.54, 1.807) is 11.1 Å². The first-order chi connectivity index (χ1) is 15.4. The molecule has 0 N–H and O–H groups in total. The number of hydrogen-bond donors (Lipinski definition) is 0. The third kappa shape index (κ3) is 7.65. The van der Waals surface area contributed by atoms with Gasteiger partial charge in [-0.05, 0) is 75.4 Å². The maximum Gasteiger partial charge on any atom is 0.416 e. The summed E-state index contributed by atoms with van der Waals surface area (Å²) in [6, 6.07) is 23.9. The van der Waals surface area contributed by atoms with Crippen molar-refractivity contribution in [3.63, 3.8) is 0 Å². The van der Waals surface area contributed by atoms with Crippen LogP contribution in [0.5, 0.6) is 0 Å². The van der Waals surface area contributed by atoms with Gasteiger partial charge in [0, 0.05) is 19.0 Å². The normalized spacial score (nSPS) is 11.5. The summed E-state index contributed by atoms with van der Waals surface area (Å²) in [4.78, 5) is 23.2. The summed E-state index contributed by atoms with van der Waals surface area (Å²) in [5.41, 5.74) is 2.72. The third-order valence-electron chi connectivity index (χ3n) is 4.74. The summed E-state index contributed by atoms with van der Waals surface area (Å²) < 4.78 is 5.57. The largest absolute Gasteiger partial charge is 0.443 e. The van der Waals surface area contributed by atoms with E-state index >= 15 is 0 Å². The number of anilines is 1. The number of rotatable bonds is 8. The minimum absolute atomic E-state index is 0.364. The number of unbranched alkanes of at least 4 members (excludes halogenated alkanes) is 1. The highest BCUT2D eigenvalue weighted by atomic mass is 16.6. The number of hydrogen-bond acceptors (Lipinski definition) is 4. The molecule has 3 rings (SSSR count). The third-order valence-corrected chi connectivity index (χ3v) is 4.74. The van der Waals surface area contributed by atoms with E-state index in [0.29, 0.717) is 12.4 Å². The molecule has 5 nitrogen and oxygen atoms in total. The van der Waals surface area contributed by atoms with Crippen molar-refractivity contribution in [3.05, 3.63) is 90.1 Å². The van der Waals surface area contributed by atoms with E-state index in [2.05, 4.69) is 22.1 Å². The summed E-state index contributed by atoms with van der Waals surface area (Å²) >= 11 is 0. The zero-order valence-electron chi connectivity index (χ0n) is 19.1. The number of amides is 1. The van der Waals surface area contributed by atoms with Crippen LogP contribution in [0.15, 0.2) is 84.0 Å². The van der Waals surface area contributed by atoms with Crippen LogP contribution >= 0.6 is 0 Å². The van der Waals surface area contributed by atoms with Crippen LogP contribution in [-0.4, -0.2) is 29.4 Å². The summed E-state index contributed by atoms with van der Waals surface area (Å²) in [7, 11) is 0. The molecule has 0 aliphatic carbocycles. The Morgan fingerprint density at radius 2 is 1.69 bits per heavy atom. The van der Waals surface area contributed by atoms with E-state index < -0.39 is 5.60 Å². The average molecular weight is 430 g/mol. The van der Waals surface area contributed by atoms with Gasteiger partial charge in [0.05, 0.1) is 5.69 Å². The Morgan fingerprint density at radius 1 is 0.969 bits per heavy atom. The standard InChI is InChI=1S/C27H31N3O2/c1-27(2,3)32-26(31)30(25-14-7-9-19-28-25)20-10-8-11-22-15-17-24(18-16-22)29-21-23-12-5-4-6-13-23/h4-7,9,12-19,21H,8,10-11,20H2,1-3H3. The van der Waals surface area contributed by atoms with Gasteiger partial charge < -0.3 is 4.74 Å². The molecule has 3 aromatic rings. The molecule has 0 unspecified atom stereocenters. The van der Waals surface area contributed by atoms with Crippen molar-refractivity contribution in [1.82, 2.24) is 4.98 Å². The van der Waals surface area contributed by atoms with Gasteiger partial charge in [-0.25, -0.2) is 9.78 Å². The summed E-state index contributed by atoms with van der Waals surface area (Å²) in [5.74, 6) is 0.613. The number of carbonyl (C=O) groups excluding carboxylic acids is 1. The lowest BCUT2D eigenvalue weighted by molar-refractivity contribution is 0.0578. The van der Waals surface area contributed by atoms with Gasteiger partial charge in [0.1, 0.15) is 11.4 Å². The van der Waals surface area contributed by atoms with Crippen molar-refractivity contribution in [2.45, 2.75) is 45.6 Å². The molecular weight excluding hydrogens is 398 g/mol. The maximum atomic E-state index is 12.7. The fraction of sp³-hybridized carbons (Fsp3) is 0.296. The van der Waals surface area contributed by atoms with Crippen molar-refractivity contribution >= 4 is 23.8 Å². The molecule has 1 aromatic heterocycles. The molecule has 0 aliphatic rings. The predicted molar refractivity (Wildman–Crippen MR) is 131 cm³/mol. The molecule has 166 valence electrons. The molecule has 1 heterocycles. The molecule has 0 saturated carbocycles. The van der Waals surface area contributed by atoms with Crippen LogP contribution in [0.3, 0.4) is 0 Å². The molecule has 5 heteroatoms. The van der Waals surface area contributed by atoms with Crippen molar-refractivity contribution in [3.8, 4) is 0 Å². The number of aryl methyl sites for hydroxylation is 1. The monoisotopic (exact) mass is 429 g/mol. The van der Waals surface area contributed by atoms with Crippen molar-refractivity contribution in [1.29, 1.82) is 0 Å². The highest BCUT2D eigenvalue weighted by Crippen LogP contribution is 2.18. The van der Waals surface area contributed by atoms with Gasteiger partial charge in [-0.2, -0.15) is 0 Å². The fourth-order valence-corrected chi connectivity index (χ4v) is 3.17. The van der Waals surface area contributed by atoms with Gasteiger partial charge in [0.15, 0.2) is 0 Å².